The van der Waals surface area contributed by atoms with Crippen molar-refractivity contribution in [1.82, 2.24) is 15.0 Å². The van der Waals surface area contributed by atoms with Crippen LogP contribution in [0.4, 0.5) is 0 Å². The summed E-state index contributed by atoms with van der Waals surface area (Å²) < 4.78 is 38.3. The molecule has 6 aromatic carbocycles. The first-order chi connectivity index (χ1) is 40.0. The number of carbonyl (C=O) groups is 1. The number of hydrogen-bond acceptors (Lipinski definition) is 10. The molecule has 474 valence electrons. The van der Waals surface area contributed by atoms with Crippen LogP contribution in [0, 0.1) is 6.92 Å². The van der Waals surface area contributed by atoms with Gasteiger partial charge in [-0.3, -0.25) is 24.7 Å². The zero-order chi connectivity index (χ0) is 61.1. The summed E-state index contributed by atoms with van der Waals surface area (Å²) in [4.78, 5) is 27.2. The minimum absolute atomic E-state index is 0. The maximum Gasteiger partial charge on any atom is 0.198 e. The summed E-state index contributed by atoms with van der Waals surface area (Å²) in [6, 6.07) is 46.0. The number of rotatable bonds is 11. The molecule has 1 aliphatic heterocycles. The van der Waals surface area contributed by atoms with Gasteiger partial charge < -0.3 is 14.9 Å². The molecule has 3 aromatic heterocycles. The van der Waals surface area contributed by atoms with E-state index >= 15 is 0 Å². The summed E-state index contributed by atoms with van der Waals surface area (Å²) in [7, 11) is -3.40. The largest absolute Gasteiger partial charge is 0.506 e. The van der Waals surface area contributed by atoms with Gasteiger partial charge in [-0.25, -0.2) is 8.42 Å². The van der Waals surface area contributed by atoms with E-state index in [9.17, 15) is 23.4 Å². The van der Waals surface area contributed by atoms with Crippen LogP contribution < -0.4 is 4.74 Å². The Morgan fingerprint density at radius 1 is 0.584 bits per heavy atom. The lowest BCUT2D eigenvalue weighted by Crippen LogP contribution is -2.05. The first kappa shape index (κ1) is 83.6. The second-order valence-corrected chi connectivity index (χ2v) is 28.5. The van der Waals surface area contributed by atoms with Gasteiger partial charge in [-0.2, -0.15) is 0 Å². The number of hydrogen-bond donors (Lipinski definition) is 2. The van der Waals surface area contributed by atoms with Crippen molar-refractivity contribution in [2.45, 2.75) is 74.0 Å². The van der Waals surface area contributed by atoms with Crippen molar-refractivity contribution < 1.29 is 28.2 Å². The SMILES string of the molecule is C.C.C.C.C.Cc1ccc(S(=O)(=O)CN=Cc2c(Br)cccc2Br)cc1.Clc1ccc(C2Cc3c(Br)cccc3O2)nc1.O=Cc1c(Br)cccc1Br.OC(=Cc1c(Br)cccc1Br)c1ccc(Cl)cn1.OC(Cc1c(Br)cccc1Br)c1ccc(Cl)cn1. The topological polar surface area (TPSA) is 152 Å². The highest BCUT2D eigenvalue weighted by Gasteiger charge is 2.27. The van der Waals surface area contributed by atoms with Crippen LogP contribution >= 0.6 is 178 Å². The lowest BCUT2D eigenvalue weighted by Gasteiger charge is -2.13. The van der Waals surface area contributed by atoms with Crippen LogP contribution in [0.2, 0.25) is 15.1 Å². The third kappa shape index (κ3) is 25.8. The van der Waals surface area contributed by atoms with Gasteiger partial charge in [0.2, 0.25) is 0 Å². The fourth-order valence-electron chi connectivity index (χ4n) is 7.27. The van der Waals surface area contributed by atoms with E-state index in [1.54, 1.807) is 67.0 Å². The molecule has 2 atom stereocenters. The predicted octanol–water partition coefficient (Wildman–Crippen LogP) is 24.6. The van der Waals surface area contributed by atoms with Crippen LogP contribution in [0.5, 0.6) is 5.75 Å². The molecule has 9 aromatic rings. The molecule has 10 nitrogen and oxygen atoms in total. The number of aldehydes is 1. The Balaban J connectivity index is 0.000000556. The Kier molecular flexibility index (Phi) is 38.8. The monoisotopic (exact) mass is 1860 g/mol. The standard InChI is InChI=1S/C15H13Br2NO2S.C13H10Br2ClNO.C13H8Br2ClNO.C13H9BrClNO.C7H4Br2O.5CH4/c1-11-5-7-12(8-6-11)21(19,20)10-18-9-13-14(16)3-2-4-15(13)17;2*14-10-2-1-3-11(15)9(10)6-13(18)12-5-4-8(16)7-17-12;14-10-2-1-3-12-9(10)6-13(17-12)11-5-4-8(15)7-16-11;8-6-2-1-3-7(9)5(6)4-10;;;;;/h2-9H,10H2,1H3;1-5,7,13,18H,6H2;1-7,18H;1-5,7,13H,6H2;1-4H;5*1H4. The van der Waals surface area contributed by atoms with Gasteiger partial charge in [0.15, 0.2) is 16.1 Å². The Morgan fingerprint density at radius 3 is 1.48 bits per heavy atom. The van der Waals surface area contributed by atoms with E-state index in [4.69, 9.17) is 39.5 Å². The second-order valence-electron chi connectivity index (χ2n) is 17.5. The molecule has 10 rings (SSSR count). The van der Waals surface area contributed by atoms with E-state index in [-0.39, 0.29) is 59.8 Å². The molecule has 0 saturated heterocycles. The van der Waals surface area contributed by atoms with Crippen LogP contribution in [0.3, 0.4) is 0 Å². The number of nitrogens with zero attached hydrogens (tertiary/aromatic N) is 4. The van der Waals surface area contributed by atoms with Crippen LogP contribution in [0.25, 0.3) is 11.8 Å². The molecule has 0 amide bonds. The van der Waals surface area contributed by atoms with Crippen molar-refractivity contribution in [3.8, 4) is 5.75 Å². The number of fused-ring (bicyclic) bond motifs is 1. The molecular formula is C66H64Br9Cl3N4O6S. The minimum atomic E-state index is -3.40. The van der Waals surface area contributed by atoms with E-state index < -0.39 is 15.9 Å². The highest BCUT2D eigenvalue weighted by molar-refractivity contribution is 9.12. The summed E-state index contributed by atoms with van der Waals surface area (Å²) in [6.07, 6.45) is 9.35. The van der Waals surface area contributed by atoms with Crippen LogP contribution in [0.1, 0.15) is 105 Å². The van der Waals surface area contributed by atoms with E-state index in [0.29, 0.717) is 38.4 Å². The van der Waals surface area contributed by atoms with Gasteiger partial charge in [-0.05, 0) is 128 Å². The van der Waals surface area contributed by atoms with E-state index in [1.165, 1.54) is 18.0 Å². The first-order valence-electron chi connectivity index (χ1n) is 24.4. The van der Waals surface area contributed by atoms with Gasteiger partial charge in [0.05, 0.1) is 31.4 Å². The highest BCUT2D eigenvalue weighted by Crippen LogP contribution is 2.40. The Bertz CT molecular complexity index is 3790. The fraction of sp³-hybridized carbons (Fsp3) is 0.167. The number of aliphatic imine (C=N–C) groups is 1. The molecule has 0 fully saturated rings. The number of halogens is 12. The van der Waals surface area contributed by atoms with Crippen molar-refractivity contribution in [2.24, 2.45) is 4.99 Å². The van der Waals surface area contributed by atoms with Crippen molar-refractivity contribution >= 4 is 212 Å². The van der Waals surface area contributed by atoms with Crippen molar-refractivity contribution in [2.75, 3.05) is 5.88 Å². The minimum Gasteiger partial charge on any atom is -0.506 e. The number of carbonyl (C=O) groups excluding carboxylic acids is 1. The fourth-order valence-corrected chi connectivity index (χ4v) is 14.0. The average Bonchev–Trinajstić information content (AvgIpc) is 1.96. The lowest BCUT2D eigenvalue weighted by molar-refractivity contribution is 0.112. The molecule has 2 unspecified atom stereocenters. The summed E-state index contributed by atoms with van der Waals surface area (Å²) >= 11 is 48.0. The van der Waals surface area contributed by atoms with Gasteiger partial charge in [-0.15, -0.1) is 0 Å². The Morgan fingerprint density at radius 2 is 1.03 bits per heavy atom. The van der Waals surface area contributed by atoms with Gasteiger partial charge in [0.25, 0.3) is 0 Å². The lowest BCUT2D eigenvalue weighted by atomic mass is 10.1. The quantitative estimate of drug-likeness (QED) is 0.0732. The summed E-state index contributed by atoms with van der Waals surface area (Å²) in [5, 5.41) is 21.9. The molecule has 2 N–H and O–H groups in total. The van der Waals surface area contributed by atoms with Gasteiger partial charge in [0.1, 0.15) is 35.3 Å². The van der Waals surface area contributed by atoms with Gasteiger partial charge >= 0.3 is 0 Å². The van der Waals surface area contributed by atoms with Gasteiger partial charge in [-0.1, -0.05) is 263 Å². The second kappa shape index (κ2) is 41.3. The number of pyridine rings is 3. The number of benzene rings is 6. The maximum absolute atomic E-state index is 12.2. The van der Waals surface area contributed by atoms with Crippen LogP contribution in [-0.4, -0.2) is 52.0 Å². The van der Waals surface area contributed by atoms with E-state index in [2.05, 4.69) is 163 Å². The van der Waals surface area contributed by atoms with Crippen molar-refractivity contribution in [1.29, 1.82) is 0 Å². The molecule has 4 heterocycles. The molecule has 1 aliphatic rings. The number of sulfone groups is 1. The Hall–Kier alpha value is -3.45. The molecule has 0 saturated carbocycles. The molecule has 0 aliphatic carbocycles. The number of ether oxygens (including phenoxy) is 1. The molecule has 0 radical (unpaired) electrons. The summed E-state index contributed by atoms with van der Waals surface area (Å²) in [5.74, 6) is 0.740. The molecule has 0 bridgehead atoms. The number of aromatic nitrogens is 3. The normalized spacial score (nSPS) is 12.1. The summed E-state index contributed by atoms with van der Waals surface area (Å²) in [6.45, 7) is 1.92. The van der Waals surface area contributed by atoms with E-state index in [0.717, 1.165) is 86.7 Å². The Labute approximate surface area is 614 Å². The first-order valence-corrected chi connectivity index (χ1v) is 34.3. The molecular weight excluding hydrogens is 1800 g/mol. The molecule has 23 heteroatoms. The predicted molar refractivity (Wildman–Crippen MR) is 405 cm³/mol. The maximum atomic E-state index is 12.2. The van der Waals surface area contributed by atoms with Crippen molar-refractivity contribution in [3.63, 3.8) is 0 Å². The number of aliphatic hydroxyl groups is 2. The smallest absolute Gasteiger partial charge is 0.198 e. The summed E-state index contributed by atoms with van der Waals surface area (Å²) in [5.41, 5.74) is 7.57. The van der Waals surface area contributed by atoms with Gasteiger partial charge in [0, 0.05) is 100 Å². The van der Waals surface area contributed by atoms with Crippen LogP contribution in [-0.2, 0) is 22.7 Å². The van der Waals surface area contributed by atoms with E-state index in [1.807, 2.05) is 110 Å². The zero-order valence-corrected chi connectivity index (χ0v) is 60.8. The average molecular weight is 1870 g/mol. The van der Waals surface area contributed by atoms with Crippen molar-refractivity contribution in [3.05, 3.63) is 276 Å². The van der Waals surface area contributed by atoms with Crippen LogP contribution in [0.15, 0.2) is 220 Å². The highest BCUT2D eigenvalue weighted by atomic mass is 79.9. The zero-order valence-electron chi connectivity index (χ0n) is 43.4. The molecule has 89 heavy (non-hydrogen) atoms. The third-order valence-electron chi connectivity index (χ3n) is 11.6. The third-order valence-corrected chi connectivity index (χ3v) is 20.1. The number of aryl methyl sites for hydroxylation is 1. The molecule has 0 spiro atoms. The number of aliphatic hydroxyl groups excluding tert-OH is 2.